The molecule has 0 aliphatic rings. The topological polar surface area (TPSA) is 27.1 Å². The summed E-state index contributed by atoms with van der Waals surface area (Å²) in [5.41, 5.74) is 0.485. The fraction of sp³-hybridized carbons (Fsp3) is 0.400. The van der Waals surface area contributed by atoms with Gasteiger partial charge in [-0.25, -0.2) is 4.98 Å². The molecule has 0 spiro atoms. The molecule has 0 amide bonds. The van der Waals surface area contributed by atoms with E-state index in [0.717, 1.165) is 18.4 Å². The lowest BCUT2D eigenvalue weighted by molar-refractivity contribution is -0.0371. The molecule has 0 N–H and O–H groups in total. The third kappa shape index (κ3) is 3.17. The van der Waals surface area contributed by atoms with Crippen molar-refractivity contribution in [2.75, 3.05) is 7.11 Å². The van der Waals surface area contributed by atoms with Crippen LogP contribution in [0.1, 0.15) is 25.3 Å². The first-order valence-corrected chi connectivity index (χ1v) is 7.33. The summed E-state index contributed by atoms with van der Waals surface area (Å²) in [4.78, 5) is 4.08. The summed E-state index contributed by atoms with van der Waals surface area (Å²) in [6.07, 6.45) is 7.32. The highest BCUT2D eigenvalue weighted by atomic mass is 35.5. The summed E-state index contributed by atoms with van der Waals surface area (Å²) in [5, 5.41) is 1.26. The average Bonchev–Trinajstić information content (AvgIpc) is 2.91. The molecule has 2 aromatic rings. The van der Waals surface area contributed by atoms with Crippen LogP contribution in [0.2, 0.25) is 10.0 Å². The van der Waals surface area contributed by atoms with E-state index in [1.54, 1.807) is 25.7 Å². The van der Waals surface area contributed by atoms with Gasteiger partial charge in [0.15, 0.2) is 0 Å². The Morgan fingerprint density at radius 1 is 1.35 bits per heavy atom. The highest BCUT2D eigenvalue weighted by Crippen LogP contribution is 2.37. The second-order valence-corrected chi connectivity index (χ2v) is 5.65. The van der Waals surface area contributed by atoms with E-state index in [4.69, 9.17) is 27.9 Å². The highest BCUT2D eigenvalue weighted by Gasteiger charge is 2.33. The fourth-order valence-electron chi connectivity index (χ4n) is 2.51. The lowest BCUT2D eigenvalue weighted by atomic mass is 9.88. The van der Waals surface area contributed by atoms with Crippen LogP contribution in [0.25, 0.3) is 0 Å². The Morgan fingerprint density at radius 3 is 2.70 bits per heavy atom. The molecule has 0 bridgehead atoms. The van der Waals surface area contributed by atoms with E-state index in [2.05, 4.69) is 11.9 Å². The van der Waals surface area contributed by atoms with Gasteiger partial charge >= 0.3 is 0 Å². The van der Waals surface area contributed by atoms with E-state index < -0.39 is 5.60 Å². The summed E-state index contributed by atoms with van der Waals surface area (Å²) in [6.45, 7) is 2.80. The zero-order valence-corrected chi connectivity index (χ0v) is 13.2. The lowest BCUT2D eigenvalue weighted by Gasteiger charge is -2.34. The molecule has 0 saturated carbocycles. The Hall–Kier alpha value is -1.03. The van der Waals surface area contributed by atoms with E-state index >= 15 is 0 Å². The number of benzene rings is 1. The smallest absolute Gasteiger partial charge is 0.112 e. The van der Waals surface area contributed by atoms with Crippen LogP contribution in [-0.2, 0) is 16.9 Å². The fourth-order valence-corrected chi connectivity index (χ4v) is 3.09. The molecule has 1 aromatic heterocycles. The minimum Gasteiger partial charge on any atom is -0.372 e. The third-order valence-corrected chi connectivity index (χ3v) is 4.01. The molecule has 0 aliphatic carbocycles. The normalized spacial score (nSPS) is 14.2. The Balaban J connectivity index is 2.44. The second kappa shape index (κ2) is 6.61. The molecule has 5 heteroatoms. The largest absolute Gasteiger partial charge is 0.372 e. The Kier molecular flexibility index (Phi) is 5.08. The SMILES string of the molecule is CCCC(Cn1ccnc1)(OC)c1ccc(Cl)cc1Cl. The summed E-state index contributed by atoms with van der Waals surface area (Å²) >= 11 is 12.4. The zero-order valence-electron chi connectivity index (χ0n) is 11.6. The molecule has 1 aromatic carbocycles. The van der Waals surface area contributed by atoms with Crippen molar-refractivity contribution in [3.63, 3.8) is 0 Å². The summed E-state index contributed by atoms with van der Waals surface area (Å²) in [5.74, 6) is 0. The highest BCUT2D eigenvalue weighted by molar-refractivity contribution is 6.35. The van der Waals surface area contributed by atoms with Gasteiger partial charge in [0.25, 0.3) is 0 Å². The molecule has 20 heavy (non-hydrogen) atoms. The van der Waals surface area contributed by atoms with Crippen LogP contribution in [-0.4, -0.2) is 16.7 Å². The maximum absolute atomic E-state index is 6.38. The van der Waals surface area contributed by atoms with Gasteiger partial charge in [0.1, 0.15) is 5.60 Å². The van der Waals surface area contributed by atoms with Gasteiger partial charge in [0, 0.05) is 35.1 Å². The number of methoxy groups -OCH3 is 1. The molecular weight excluding hydrogens is 295 g/mol. The molecule has 0 aliphatic heterocycles. The standard InChI is InChI=1S/C15H18Cl2N2O/c1-3-6-15(20-2,10-19-8-7-18-11-19)13-5-4-12(16)9-14(13)17/h4-5,7-9,11H,3,6,10H2,1-2H3. The number of rotatable bonds is 6. The van der Waals surface area contributed by atoms with E-state index in [1.807, 2.05) is 22.9 Å². The van der Waals surface area contributed by atoms with Crippen LogP contribution in [0.4, 0.5) is 0 Å². The predicted molar refractivity (Wildman–Crippen MR) is 82.3 cm³/mol. The third-order valence-electron chi connectivity index (χ3n) is 3.46. The van der Waals surface area contributed by atoms with Gasteiger partial charge in [-0.3, -0.25) is 0 Å². The van der Waals surface area contributed by atoms with Crippen molar-refractivity contribution >= 4 is 23.2 Å². The lowest BCUT2D eigenvalue weighted by Crippen LogP contribution is -2.34. The van der Waals surface area contributed by atoms with Crippen LogP contribution in [0, 0.1) is 0 Å². The number of ether oxygens (including phenoxy) is 1. The van der Waals surface area contributed by atoms with E-state index in [0.29, 0.717) is 16.6 Å². The van der Waals surface area contributed by atoms with E-state index in [1.165, 1.54) is 0 Å². The van der Waals surface area contributed by atoms with E-state index in [9.17, 15) is 0 Å². The van der Waals surface area contributed by atoms with Gasteiger partial charge in [-0.1, -0.05) is 42.6 Å². The first kappa shape index (κ1) is 15.4. The molecule has 1 heterocycles. The van der Waals surface area contributed by atoms with Crippen molar-refractivity contribution < 1.29 is 4.74 Å². The molecule has 0 saturated heterocycles. The van der Waals surface area contributed by atoms with Crippen molar-refractivity contribution in [1.29, 1.82) is 0 Å². The maximum atomic E-state index is 6.38. The summed E-state index contributed by atoms with van der Waals surface area (Å²) < 4.78 is 7.89. The van der Waals surface area contributed by atoms with Gasteiger partial charge in [-0.15, -0.1) is 0 Å². The van der Waals surface area contributed by atoms with Crippen molar-refractivity contribution in [2.45, 2.75) is 31.9 Å². The van der Waals surface area contributed by atoms with Gasteiger partial charge in [0.2, 0.25) is 0 Å². The first-order chi connectivity index (χ1) is 9.61. The molecular formula is C15H18Cl2N2O. The molecule has 0 radical (unpaired) electrons. The van der Waals surface area contributed by atoms with Crippen molar-refractivity contribution in [3.8, 4) is 0 Å². The molecule has 1 unspecified atom stereocenters. The van der Waals surface area contributed by atoms with Crippen LogP contribution >= 0.6 is 23.2 Å². The summed E-state index contributed by atoms with van der Waals surface area (Å²) in [7, 11) is 1.72. The molecule has 1 atom stereocenters. The summed E-state index contributed by atoms with van der Waals surface area (Å²) in [6, 6.07) is 5.55. The zero-order chi connectivity index (χ0) is 14.6. The number of hydrogen-bond donors (Lipinski definition) is 0. The monoisotopic (exact) mass is 312 g/mol. The number of halogens is 2. The number of hydrogen-bond acceptors (Lipinski definition) is 2. The Labute approximate surface area is 129 Å². The predicted octanol–water partition coefficient (Wildman–Crippen LogP) is 4.53. The number of nitrogens with zero attached hydrogens (tertiary/aromatic N) is 2. The van der Waals surface area contributed by atoms with Gasteiger partial charge in [-0.05, 0) is 18.6 Å². The average molecular weight is 313 g/mol. The number of imidazole rings is 1. The van der Waals surface area contributed by atoms with Crippen LogP contribution in [0.5, 0.6) is 0 Å². The Bertz CT molecular complexity index is 557. The van der Waals surface area contributed by atoms with Gasteiger partial charge in [0.05, 0.1) is 12.9 Å². The van der Waals surface area contributed by atoms with Gasteiger partial charge in [-0.2, -0.15) is 0 Å². The quantitative estimate of drug-likeness (QED) is 0.783. The van der Waals surface area contributed by atoms with Crippen molar-refractivity contribution in [3.05, 3.63) is 52.5 Å². The molecule has 0 fully saturated rings. The molecule has 108 valence electrons. The van der Waals surface area contributed by atoms with Crippen LogP contribution < -0.4 is 0 Å². The van der Waals surface area contributed by atoms with E-state index in [-0.39, 0.29) is 0 Å². The Morgan fingerprint density at radius 2 is 2.15 bits per heavy atom. The minimum atomic E-state index is -0.475. The minimum absolute atomic E-state index is 0.475. The van der Waals surface area contributed by atoms with Gasteiger partial charge < -0.3 is 9.30 Å². The molecule has 2 rings (SSSR count). The maximum Gasteiger partial charge on any atom is 0.112 e. The number of aromatic nitrogens is 2. The first-order valence-electron chi connectivity index (χ1n) is 6.57. The van der Waals surface area contributed by atoms with Crippen molar-refractivity contribution in [1.82, 2.24) is 9.55 Å². The van der Waals surface area contributed by atoms with Crippen LogP contribution in [0.3, 0.4) is 0 Å². The van der Waals surface area contributed by atoms with Crippen molar-refractivity contribution in [2.24, 2.45) is 0 Å². The second-order valence-electron chi connectivity index (χ2n) is 4.81. The van der Waals surface area contributed by atoms with Crippen LogP contribution in [0.15, 0.2) is 36.9 Å². The molecule has 3 nitrogen and oxygen atoms in total.